The van der Waals surface area contributed by atoms with Crippen LogP contribution in [0, 0.1) is 0 Å². The van der Waals surface area contributed by atoms with Gasteiger partial charge in [-0.1, -0.05) is 30.1 Å². The number of carbonyl (C=O) groups is 2. The second-order valence-corrected chi connectivity index (χ2v) is 8.55. The zero-order valence-electron chi connectivity index (χ0n) is 17.6. The number of piperidine rings is 1. The number of hydrogen-bond acceptors (Lipinski definition) is 5. The van der Waals surface area contributed by atoms with E-state index < -0.39 is 0 Å². The lowest BCUT2D eigenvalue weighted by atomic mass is 10.0. The number of aromatic nitrogens is 1. The summed E-state index contributed by atoms with van der Waals surface area (Å²) < 4.78 is 5.75. The van der Waals surface area contributed by atoms with E-state index in [0.717, 1.165) is 32.4 Å². The smallest absolute Gasteiger partial charge is 0.234 e. The number of nitrogens with zero attached hydrogens (tertiary/aromatic N) is 2. The van der Waals surface area contributed by atoms with Crippen LogP contribution in [0.5, 0.6) is 0 Å². The standard InChI is InChI=1S/C22H28Cl2N4O3/c1-2-9-25-21(30)14-28-10-7-16(8-11-28)27-20(29)5-6-22-26-13-19(31-22)17-4-3-15(23)12-18(17)24/h3-4,12-13,16H,2,5-11,14H2,1H3,(H,25,30)(H,27,29). The molecule has 1 aromatic carbocycles. The van der Waals surface area contributed by atoms with Crippen molar-refractivity contribution in [2.75, 3.05) is 26.2 Å². The molecule has 0 saturated carbocycles. The van der Waals surface area contributed by atoms with Crippen LogP contribution < -0.4 is 10.6 Å². The Balaban J connectivity index is 1.39. The summed E-state index contributed by atoms with van der Waals surface area (Å²) in [6, 6.07) is 5.30. The molecule has 7 nitrogen and oxygen atoms in total. The number of hydrogen-bond donors (Lipinski definition) is 2. The highest BCUT2D eigenvalue weighted by molar-refractivity contribution is 6.36. The van der Waals surface area contributed by atoms with Crippen molar-refractivity contribution in [1.29, 1.82) is 0 Å². The lowest BCUT2D eigenvalue weighted by Crippen LogP contribution is -2.47. The summed E-state index contributed by atoms with van der Waals surface area (Å²) in [5, 5.41) is 7.01. The van der Waals surface area contributed by atoms with Crippen LogP contribution in [0.15, 0.2) is 28.8 Å². The average Bonchev–Trinajstić information content (AvgIpc) is 3.21. The first-order chi connectivity index (χ1) is 14.9. The molecule has 0 spiro atoms. The number of rotatable bonds is 9. The van der Waals surface area contributed by atoms with Crippen LogP contribution in [0.1, 0.15) is 38.5 Å². The highest BCUT2D eigenvalue weighted by Gasteiger charge is 2.22. The molecule has 0 unspecified atom stereocenters. The first-order valence-corrected chi connectivity index (χ1v) is 11.4. The summed E-state index contributed by atoms with van der Waals surface area (Å²) in [6.45, 7) is 4.77. The van der Waals surface area contributed by atoms with Crippen molar-refractivity contribution in [3.05, 3.63) is 40.3 Å². The first-order valence-electron chi connectivity index (χ1n) is 10.6. The van der Waals surface area contributed by atoms with E-state index in [2.05, 4.69) is 20.5 Å². The Morgan fingerprint density at radius 3 is 2.71 bits per heavy atom. The summed E-state index contributed by atoms with van der Waals surface area (Å²) in [6.07, 6.45) is 4.93. The normalized spacial score (nSPS) is 15.1. The maximum Gasteiger partial charge on any atom is 0.234 e. The van der Waals surface area contributed by atoms with Gasteiger partial charge in [0, 0.05) is 49.1 Å². The van der Waals surface area contributed by atoms with E-state index in [1.54, 1.807) is 24.4 Å². The summed E-state index contributed by atoms with van der Waals surface area (Å²) in [7, 11) is 0. The number of nitrogens with one attached hydrogen (secondary N) is 2. The van der Waals surface area contributed by atoms with Crippen LogP contribution in [0.3, 0.4) is 0 Å². The molecule has 1 aliphatic rings. The van der Waals surface area contributed by atoms with Gasteiger partial charge in [-0.15, -0.1) is 0 Å². The van der Waals surface area contributed by atoms with Crippen LogP contribution in [0.4, 0.5) is 0 Å². The number of oxazole rings is 1. The van der Waals surface area contributed by atoms with Crippen molar-refractivity contribution in [2.45, 2.75) is 45.1 Å². The molecule has 2 N–H and O–H groups in total. The molecular formula is C22H28Cl2N4O3. The fourth-order valence-electron chi connectivity index (χ4n) is 3.52. The second-order valence-electron chi connectivity index (χ2n) is 7.71. The van der Waals surface area contributed by atoms with Crippen LogP contribution in [-0.4, -0.2) is 53.9 Å². The molecule has 0 aliphatic carbocycles. The fourth-order valence-corrected chi connectivity index (χ4v) is 4.02. The lowest BCUT2D eigenvalue weighted by molar-refractivity contribution is -0.124. The molecular weight excluding hydrogens is 439 g/mol. The van der Waals surface area contributed by atoms with E-state index in [4.69, 9.17) is 27.6 Å². The molecule has 1 fully saturated rings. The molecule has 1 aromatic heterocycles. The summed E-state index contributed by atoms with van der Waals surface area (Å²) in [4.78, 5) is 30.5. The highest BCUT2D eigenvalue weighted by atomic mass is 35.5. The third-order valence-electron chi connectivity index (χ3n) is 5.21. The third-order valence-corrected chi connectivity index (χ3v) is 5.76. The highest BCUT2D eigenvalue weighted by Crippen LogP contribution is 2.30. The zero-order chi connectivity index (χ0) is 22.2. The first kappa shape index (κ1) is 23.6. The Labute approximate surface area is 192 Å². The fraction of sp³-hybridized carbons (Fsp3) is 0.500. The van der Waals surface area contributed by atoms with Gasteiger partial charge in [0.05, 0.1) is 17.8 Å². The van der Waals surface area contributed by atoms with E-state index >= 15 is 0 Å². The topological polar surface area (TPSA) is 87.5 Å². The van der Waals surface area contributed by atoms with E-state index in [-0.39, 0.29) is 17.9 Å². The van der Waals surface area contributed by atoms with Crippen LogP contribution in [-0.2, 0) is 16.0 Å². The van der Waals surface area contributed by atoms with Gasteiger partial charge in [0.1, 0.15) is 0 Å². The van der Waals surface area contributed by atoms with Gasteiger partial charge in [-0.2, -0.15) is 0 Å². The molecule has 0 radical (unpaired) electrons. The molecule has 31 heavy (non-hydrogen) atoms. The molecule has 0 atom stereocenters. The predicted octanol–water partition coefficient (Wildman–Crippen LogP) is 3.69. The molecule has 9 heteroatoms. The zero-order valence-corrected chi connectivity index (χ0v) is 19.1. The summed E-state index contributed by atoms with van der Waals surface area (Å²) in [5.41, 5.74) is 0.712. The van der Waals surface area contributed by atoms with Crippen molar-refractivity contribution in [3.8, 4) is 11.3 Å². The van der Waals surface area contributed by atoms with E-state index in [9.17, 15) is 9.59 Å². The SMILES string of the molecule is CCCNC(=O)CN1CCC(NC(=O)CCc2ncc(-c3ccc(Cl)cc3Cl)o2)CC1. The van der Waals surface area contributed by atoms with Crippen molar-refractivity contribution < 1.29 is 14.0 Å². The van der Waals surface area contributed by atoms with Crippen molar-refractivity contribution in [2.24, 2.45) is 0 Å². The Hall–Kier alpha value is -2.09. The van der Waals surface area contributed by atoms with Gasteiger partial charge in [0.15, 0.2) is 11.7 Å². The van der Waals surface area contributed by atoms with Crippen LogP contribution in [0.2, 0.25) is 10.0 Å². The predicted molar refractivity (Wildman–Crippen MR) is 121 cm³/mol. The van der Waals surface area contributed by atoms with Crippen molar-refractivity contribution in [1.82, 2.24) is 20.5 Å². The van der Waals surface area contributed by atoms with Crippen molar-refractivity contribution >= 4 is 35.0 Å². The molecule has 168 valence electrons. The molecule has 2 heterocycles. The van der Waals surface area contributed by atoms with Gasteiger partial charge in [-0.05, 0) is 37.5 Å². The minimum atomic E-state index is -0.0246. The summed E-state index contributed by atoms with van der Waals surface area (Å²) >= 11 is 12.1. The van der Waals surface area contributed by atoms with Gasteiger partial charge >= 0.3 is 0 Å². The molecule has 0 bridgehead atoms. The molecule has 1 saturated heterocycles. The molecule has 2 amide bonds. The summed E-state index contributed by atoms with van der Waals surface area (Å²) in [5.74, 6) is 1.08. The second kappa shape index (κ2) is 11.5. The lowest BCUT2D eigenvalue weighted by Gasteiger charge is -2.31. The van der Waals surface area contributed by atoms with E-state index in [0.29, 0.717) is 53.2 Å². The Kier molecular flexibility index (Phi) is 8.75. The minimum absolute atomic E-state index is 0.0246. The number of likely N-dealkylation sites (tertiary alicyclic amines) is 1. The van der Waals surface area contributed by atoms with E-state index in [1.807, 2.05) is 6.92 Å². The average molecular weight is 467 g/mol. The maximum atomic E-state index is 12.3. The van der Waals surface area contributed by atoms with Crippen LogP contribution >= 0.6 is 23.2 Å². The monoisotopic (exact) mass is 466 g/mol. The Morgan fingerprint density at radius 2 is 2.00 bits per heavy atom. The van der Waals surface area contributed by atoms with Crippen LogP contribution in [0.25, 0.3) is 11.3 Å². The van der Waals surface area contributed by atoms with Crippen molar-refractivity contribution in [3.63, 3.8) is 0 Å². The maximum absolute atomic E-state index is 12.3. The van der Waals surface area contributed by atoms with Gasteiger partial charge < -0.3 is 15.1 Å². The molecule has 3 rings (SSSR count). The third kappa shape index (κ3) is 7.23. The van der Waals surface area contributed by atoms with Gasteiger partial charge in [-0.3, -0.25) is 14.5 Å². The van der Waals surface area contributed by atoms with Gasteiger partial charge in [0.2, 0.25) is 11.8 Å². The number of amides is 2. The Bertz CT molecular complexity index is 895. The largest absolute Gasteiger partial charge is 0.441 e. The number of benzene rings is 1. The number of carbonyl (C=O) groups excluding carboxylic acids is 2. The quantitative estimate of drug-likeness (QED) is 0.588. The van der Waals surface area contributed by atoms with Gasteiger partial charge in [-0.25, -0.2) is 4.98 Å². The number of halogens is 2. The van der Waals surface area contributed by atoms with E-state index in [1.165, 1.54) is 0 Å². The number of aryl methyl sites for hydroxylation is 1. The van der Waals surface area contributed by atoms with Gasteiger partial charge in [0.25, 0.3) is 0 Å². The minimum Gasteiger partial charge on any atom is -0.441 e. The molecule has 2 aromatic rings. The molecule has 1 aliphatic heterocycles. The Morgan fingerprint density at radius 1 is 1.23 bits per heavy atom.